The number of nitrogens with one attached hydrogen (secondary N) is 2. The van der Waals surface area contributed by atoms with Crippen molar-refractivity contribution in [2.24, 2.45) is 0 Å². The van der Waals surface area contributed by atoms with Crippen molar-refractivity contribution in [1.29, 1.82) is 0 Å². The molecule has 1 fully saturated rings. The summed E-state index contributed by atoms with van der Waals surface area (Å²) in [4.78, 5) is 22.4. The van der Waals surface area contributed by atoms with E-state index >= 15 is 0 Å². The molecule has 1 saturated carbocycles. The molecule has 2 aromatic rings. The van der Waals surface area contributed by atoms with E-state index in [-0.39, 0.29) is 6.54 Å². The average molecular weight is 242 g/mol. The Morgan fingerprint density at radius 1 is 1.61 bits per heavy atom. The summed E-state index contributed by atoms with van der Waals surface area (Å²) in [7, 11) is 0. The molecule has 2 aromatic heterocycles. The Labute approximate surface area is 104 Å². The number of nitrogens with zero attached hydrogens (tertiary/aromatic N) is 2. The number of carbonyl (C=O) groups excluding carboxylic acids is 1. The second kappa shape index (κ2) is 4.25. The molecule has 2 N–H and O–H groups in total. The highest BCUT2D eigenvalue weighted by Gasteiger charge is 2.26. The van der Waals surface area contributed by atoms with E-state index in [4.69, 9.17) is 0 Å². The second-order valence-corrected chi connectivity index (χ2v) is 4.49. The third kappa shape index (κ3) is 1.88. The summed E-state index contributed by atoms with van der Waals surface area (Å²) in [6.07, 6.45) is 6.86. The second-order valence-electron chi connectivity index (χ2n) is 4.49. The number of hydrogen-bond acceptors (Lipinski definition) is 4. The number of H-pyrrole nitrogens is 1. The highest BCUT2D eigenvalue weighted by atomic mass is 16.1. The van der Waals surface area contributed by atoms with Gasteiger partial charge < -0.3 is 15.1 Å². The molecule has 0 unspecified atom stereocenters. The molecule has 0 saturated heterocycles. The molecule has 0 spiro atoms. The Morgan fingerprint density at radius 2 is 2.44 bits per heavy atom. The van der Waals surface area contributed by atoms with E-state index in [9.17, 15) is 4.79 Å². The maximum Gasteiger partial charge on any atom is 0.156 e. The molecule has 3 rings (SSSR count). The Balaban J connectivity index is 1.98. The minimum Gasteiger partial charge on any atom is -0.378 e. The van der Waals surface area contributed by atoms with Crippen LogP contribution >= 0.6 is 0 Å². The SMILES string of the molecule is C=C(NCC=O)c1c[nH]c2ncc(C3CC3)nc12. The summed E-state index contributed by atoms with van der Waals surface area (Å²) in [5, 5.41) is 2.94. The summed E-state index contributed by atoms with van der Waals surface area (Å²) in [6.45, 7) is 4.17. The Kier molecular flexibility index (Phi) is 2.59. The molecule has 2 heterocycles. The lowest BCUT2D eigenvalue weighted by molar-refractivity contribution is -0.107. The largest absolute Gasteiger partial charge is 0.378 e. The van der Waals surface area contributed by atoms with Gasteiger partial charge in [0.05, 0.1) is 18.4 Å². The average Bonchev–Trinajstić information content (AvgIpc) is 3.15. The molecule has 18 heavy (non-hydrogen) atoms. The van der Waals surface area contributed by atoms with Gasteiger partial charge >= 0.3 is 0 Å². The zero-order valence-corrected chi connectivity index (χ0v) is 9.94. The highest BCUT2D eigenvalue weighted by Crippen LogP contribution is 2.39. The van der Waals surface area contributed by atoms with Gasteiger partial charge in [-0.15, -0.1) is 0 Å². The van der Waals surface area contributed by atoms with E-state index in [0.717, 1.165) is 28.7 Å². The van der Waals surface area contributed by atoms with E-state index in [1.165, 1.54) is 12.8 Å². The van der Waals surface area contributed by atoms with Crippen molar-refractivity contribution in [3.8, 4) is 0 Å². The fourth-order valence-corrected chi connectivity index (χ4v) is 1.97. The van der Waals surface area contributed by atoms with Crippen LogP contribution in [0.2, 0.25) is 0 Å². The summed E-state index contributed by atoms with van der Waals surface area (Å²) in [5.74, 6) is 0.570. The molecule has 0 bridgehead atoms. The van der Waals surface area contributed by atoms with Gasteiger partial charge in [0.25, 0.3) is 0 Å². The first-order chi connectivity index (χ1) is 8.79. The lowest BCUT2D eigenvalue weighted by Crippen LogP contribution is -2.13. The number of aldehydes is 1. The summed E-state index contributed by atoms with van der Waals surface area (Å²) < 4.78 is 0. The predicted octanol–water partition coefficient (Wildman–Crippen LogP) is 1.59. The molecule has 1 aliphatic carbocycles. The standard InChI is InChI=1S/C13H14N4O/c1-8(14-4-5-18)10-6-15-13-12(10)17-11(7-16-13)9-2-3-9/h5-7,9,14H,1-4H2,(H,15,16). The third-order valence-electron chi connectivity index (χ3n) is 3.12. The summed E-state index contributed by atoms with van der Waals surface area (Å²) >= 11 is 0. The lowest BCUT2D eigenvalue weighted by atomic mass is 10.2. The molecule has 1 aliphatic rings. The van der Waals surface area contributed by atoms with Crippen LogP contribution in [0.3, 0.4) is 0 Å². The van der Waals surface area contributed by atoms with Crippen LogP contribution < -0.4 is 5.32 Å². The van der Waals surface area contributed by atoms with Gasteiger partial charge in [-0.1, -0.05) is 6.58 Å². The minimum atomic E-state index is 0.251. The summed E-state index contributed by atoms with van der Waals surface area (Å²) in [5.41, 5.74) is 4.19. The molecule has 5 heteroatoms. The molecule has 5 nitrogen and oxygen atoms in total. The third-order valence-corrected chi connectivity index (χ3v) is 3.12. The molecule has 0 amide bonds. The zero-order chi connectivity index (χ0) is 12.5. The van der Waals surface area contributed by atoms with E-state index < -0.39 is 0 Å². The van der Waals surface area contributed by atoms with Crippen molar-refractivity contribution in [3.05, 3.63) is 30.2 Å². The predicted molar refractivity (Wildman–Crippen MR) is 69.0 cm³/mol. The van der Waals surface area contributed by atoms with Crippen LogP contribution in [0.4, 0.5) is 0 Å². The summed E-state index contributed by atoms with van der Waals surface area (Å²) in [6, 6.07) is 0. The van der Waals surface area contributed by atoms with Gasteiger partial charge in [-0.25, -0.2) is 9.97 Å². The van der Waals surface area contributed by atoms with E-state index in [1.54, 1.807) is 0 Å². The first-order valence-electron chi connectivity index (χ1n) is 6.00. The Bertz CT molecular complexity index is 612. The first-order valence-corrected chi connectivity index (χ1v) is 6.00. The fourth-order valence-electron chi connectivity index (χ4n) is 1.97. The van der Waals surface area contributed by atoms with Crippen LogP contribution in [0, 0.1) is 0 Å². The van der Waals surface area contributed by atoms with Crippen molar-refractivity contribution in [2.75, 3.05) is 6.54 Å². The number of fused-ring (bicyclic) bond motifs is 1. The maximum absolute atomic E-state index is 10.4. The van der Waals surface area contributed by atoms with Crippen LogP contribution in [0.5, 0.6) is 0 Å². The van der Waals surface area contributed by atoms with Gasteiger partial charge in [0, 0.05) is 23.4 Å². The van der Waals surface area contributed by atoms with Gasteiger partial charge in [0.1, 0.15) is 11.8 Å². The molecular formula is C13H14N4O. The van der Waals surface area contributed by atoms with Crippen LogP contribution in [0.25, 0.3) is 16.9 Å². The van der Waals surface area contributed by atoms with Crippen molar-refractivity contribution >= 4 is 23.1 Å². The zero-order valence-electron chi connectivity index (χ0n) is 9.94. The molecule has 0 atom stereocenters. The van der Waals surface area contributed by atoms with Crippen molar-refractivity contribution in [2.45, 2.75) is 18.8 Å². The van der Waals surface area contributed by atoms with Crippen LogP contribution in [0.1, 0.15) is 30.0 Å². The van der Waals surface area contributed by atoms with Crippen molar-refractivity contribution in [1.82, 2.24) is 20.3 Å². The van der Waals surface area contributed by atoms with Gasteiger partial charge in [-0.3, -0.25) is 0 Å². The quantitative estimate of drug-likeness (QED) is 0.781. The Morgan fingerprint density at radius 3 is 3.17 bits per heavy atom. The monoisotopic (exact) mass is 242 g/mol. The van der Waals surface area contributed by atoms with Gasteiger partial charge in [-0.05, 0) is 12.8 Å². The number of carbonyl (C=O) groups is 1. The normalized spacial score (nSPS) is 14.7. The Hall–Kier alpha value is -2.17. The lowest BCUT2D eigenvalue weighted by Gasteiger charge is -2.05. The number of hydrogen-bond donors (Lipinski definition) is 2. The number of rotatable bonds is 5. The van der Waals surface area contributed by atoms with Crippen LogP contribution in [-0.2, 0) is 4.79 Å². The number of aromatic nitrogens is 3. The van der Waals surface area contributed by atoms with Crippen LogP contribution in [0.15, 0.2) is 19.0 Å². The van der Waals surface area contributed by atoms with E-state index in [1.807, 2.05) is 12.4 Å². The fraction of sp³-hybridized carbons (Fsp3) is 0.308. The van der Waals surface area contributed by atoms with Gasteiger partial charge in [0.15, 0.2) is 5.65 Å². The molecule has 92 valence electrons. The van der Waals surface area contributed by atoms with Crippen molar-refractivity contribution in [3.63, 3.8) is 0 Å². The van der Waals surface area contributed by atoms with E-state index in [0.29, 0.717) is 11.6 Å². The number of aromatic amines is 1. The van der Waals surface area contributed by atoms with Gasteiger partial charge in [-0.2, -0.15) is 0 Å². The van der Waals surface area contributed by atoms with Crippen LogP contribution in [-0.4, -0.2) is 27.8 Å². The molecule has 0 aliphatic heterocycles. The minimum absolute atomic E-state index is 0.251. The van der Waals surface area contributed by atoms with Gasteiger partial charge in [0.2, 0.25) is 0 Å². The highest BCUT2D eigenvalue weighted by molar-refractivity contribution is 5.86. The van der Waals surface area contributed by atoms with E-state index in [2.05, 4.69) is 26.8 Å². The molecular weight excluding hydrogens is 228 g/mol. The smallest absolute Gasteiger partial charge is 0.156 e. The molecule has 0 aromatic carbocycles. The first kappa shape index (κ1) is 11.0. The topological polar surface area (TPSA) is 70.7 Å². The maximum atomic E-state index is 10.4. The van der Waals surface area contributed by atoms with Crippen molar-refractivity contribution < 1.29 is 4.79 Å². The molecule has 0 radical (unpaired) electrons.